The van der Waals surface area contributed by atoms with Crippen LogP contribution in [-0.2, 0) is 4.79 Å². The number of carbonyl (C=O) groups excluding carboxylic acids is 1. The first-order valence-electron chi connectivity index (χ1n) is 14.1. The highest BCUT2D eigenvalue weighted by Gasteiger charge is 2.29. The van der Waals surface area contributed by atoms with E-state index in [4.69, 9.17) is 11.6 Å². The summed E-state index contributed by atoms with van der Waals surface area (Å²) in [5.41, 5.74) is 6.50. The van der Waals surface area contributed by atoms with Crippen LogP contribution < -0.4 is 5.32 Å². The summed E-state index contributed by atoms with van der Waals surface area (Å²) in [7, 11) is 0. The Morgan fingerprint density at radius 2 is 1.59 bits per heavy atom. The highest BCUT2D eigenvalue weighted by atomic mass is 35.5. The fourth-order valence-electron chi connectivity index (χ4n) is 6.20. The molecule has 5 rings (SSSR count). The number of amides is 1. The molecule has 2 fully saturated rings. The van der Waals surface area contributed by atoms with Gasteiger partial charge in [-0.15, -0.1) is 0 Å². The van der Waals surface area contributed by atoms with Gasteiger partial charge in [-0.25, -0.2) is 0 Å². The first kappa shape index (κ1) is 27.3. The van der Waals surface area contributed by atoms with Gasteiger partial charge in [0.05, 0.1) is 12.0 Å². The average Bonchev–Trinajstić information content (AvgIpc) is 2.97. The molecule has 204 valence electrons. The minimum Gasteiger partial charge on any atom is -0.481 e. The minimum absolute atomic E-state index is 0.0926. The van der Waals surface area contributed by atoms with E-state index in [-0.39, 0.29) is 18.5 Å². The number of rotatable bonds is 7. The van der Waals surface area contributed by atoms with Gasteiger partial charge in [0.15, 0.2) is 0 Å². The van der Waals surface area contributed by atoms with Crippen molar-refractivity contribution in [2.45, 2.75) is 57.9 Å². The SMILES string of the molecule is Cc1cc(-c2ccc(Cl)cc2)ccc1C(Nc1ccc(C(=O)N2CCC[C@@H](C(=O)O)C2)cc1)C1CCCCC1. The van der Waals surface area contributed by atoms with Crippen molar-refractivity contribution in [3.05, 3.63) is 88.4 Å². The third kappa shape index (κ3) is 6.47. The fraction of sp³-hybridized carbons (Fsp3) is 0.394. The standard InChI is InChI=1S/C33H37ClN2O3/c1-22-20-26(23-9-14-28(34)15-10-23)13-18-30(22)31(24-6-3-2-4-7-24)35-29-16-11-25(12-17-29)32(37)36-19-5-8-27(21-36)33(38)39/h9-18,20,24,27,31,35H,2-8,19,21H2,1H3,(H,38,39)/t27-,31?/m1/s1. The first-order chi connectivity index (χ1) is 18.9. The van der Waals surface area contributed by atoms with Crippen molar-refractivity contribution in [3.63, 3.8) is 0 Å². The molecule has 2 aliphatic rings. The van der Waals surface area contributed by atoms with Crippen molar-refractivity contribution >= 4 is 29.2 Å². The molecule has 39 heavy (non-hydrogen) atoms. The van der Waals surface area contributed by atoms with E-state index in [1.165, 1.54) is 48.8 Å². The second-order valence-corrected chi connectivity index (χ2v) is 11.5. The average molecular weight is 545 g/mol. The predicted octanol–water partition coefficient (Wildman–Crippen LogP) is 7.99. The Balaban J connectivity index is 1.35. The second kappa shape index (κ2) is 12.3. The van der Waals surface area contributed by atoms with Crippen molar-refractivity contribution in [1.82, 2.24) is 4.90 Å². The van der Waals surface area contributed by atoms with Gasteiger partial charge in [-0.3, -0.25) is 9.59 Å². The molecule has 2 atom stereocenters. The molecule has 0 aromatic heterocycles. The van der Waals surface area contributed by atoms with Crippen LogP contribution in [-0.4, -0.2) is 35.0 Å². The summed E-state index contributed by atoms with van der Waals surface area (Å²) in [6.07, 6.45) is 7.56. The molecule has 3 aromatic carbocycles. The summed E-state index contributed by atoms with van der Waals surface area (Å²) in [6.45, 7) is 3.08. The highest BCUT2D eigenvalue weighted by molar-refractivity contribution is 6.30. The Hall–Kier alpha value is -3.31. The molecule has 1 saturated carbocycles. The van der Waals surface area contributed by atoms with Crippen LogP contribution in [0.3, 0.4) is 0 Å². The van der Waals surface area contributed by atoms with E-state index >= 15 is 0 Å². The molecule has 1 aliphatic carbocycles. The lowest BCUT2D eigenvalue weighted by Gasteiger charge is -2.33. The highest BCUT2D eigenvalue weighted by Crippen LogP contribution is 2.39. The number of halogens is 1. The smallest absolute Gasteiger partial charge is 0.308 e. The molecule has 0 radical (unpaired) electrons. The number of hydrogen-bond acceptors (Lipinski definition) is 3. The number of carboxylic acid groups (broad SMARTS) is 1. The number of anilines is 1. The van der Waals surface area contributed by atoms with Crippen molar-refractivity contribution in [2.24, 2.45) is 11.8 Å². The van der Waals surface area contributed by atoms with Gasteiger partial charge in [-0.05, 0) is 97.2 Å². The number of nitrogens with one attached hydrogen (secondary N) is 1. The number of benzene rings is 3. The molecule has 3 aromatic rings. The number of piperidine rings is 1. The van der Waals surface area contributed by atoms with Crippen LogP contribution in [0.15, 0.2) is 66.7 Å². The summed E-state index contributed by atoms with van der Waals surface area (Å²) in [5, 5.41) is 13.9. The zero-order valence-electron chi connectivity index (χ0n) is 22.5. The van der Waals surface area contributed by atoms with Gasteiger partial charge in [0.2, 0.25) is 0 Å². The Kier molecular flexibility index (Phi) is 8.56. The normalized spacial score (nSPS) is 18.9. The molecule has 1 heterocycles. The van der Waals surface area contributed by atoms with Crippen LogP contribution >= 0.6 is 11.6 Å². The van der Waals surface area contributed by atoms with Gasteiger partial charge in [0.25, 0.3) is 5.91 Å². The van der Waals surface area contributed by atoms with E-state index in [0.29, 0.717) is 24.4 Å². The monoisotopic (exact) mass is 544 g/mol. The molecule has 1 amide bonds. The molecule has 2 N–H and O–H groups in total. The van der Waals surface area contributed by atoms with Crippen molar-refractivity contribution in [1.29, 1.82) is 0 Å². The number of hydrogen-bond donors (Lipinski definition) is 2. The summed E-state index contributed by atoms with van der Waals surface area (Å²) in [5.74, 6) is -0.849. The van der Waals surface area contributed by atoms with Crippen LogP contribution in [0.5, 0.6) is 0 Å². The molecule has 0 spiro atoms. The topological polar surface area (TPSA) is 69.6 Å². The maximum atomic E-state index is 13.1. The van der Waals surface area contributed by atoms with Crippen LogP contribution in [0.25, 0.3) is 11.1 Å². The van der Waals surface area contributed by atoms with E-state index in [0.717, 1.165) is 22.7 Å². The van der Waals surface area contributed by atoms with E-state index in [2.05, 4.69) is 42.6 Å². The Morgan fingerprint density at radius 1 is 0.897 bits per heavy atom. The lowest BCUT2D eigenvalue weighted by Crippen LogP contribution is -2.42. The molecule has 5 nitrogen and oxygen atoms in total. The maximum absolute atomic E-state index is 13.1. The predicted molar refractivity (Wildman–Crippen MR) is 157 cm³/mol. The number of aliphatic carboxylic acids is 1. The zero-order valence-corrected chi connectivity index (χ0v) is 23.3. The van der Waals surface area contributed by atoms with E-state index in [1.54, 1.807) is 4.90 Å². The zero-order chi connectivity index (χ0) is 27.4. The third-order valence-corrected chi connectivity index (χ3v) is 8.67. The number of nitrogens with zero attached hydrogens (tertiary/aromatic N) is 1. The first-order valence-corrected chi connectivity index (χ1v) is 14.5. The molecule has 1 saturated heterocycles. The van der Waals surface area contributed by atoms with E-state index < -0.39 is 11.9 Å². The Morgan fingerprint density at radius 3 is 2.26 bits per heavy atom. The summed E-state index contributed by atoms with van der Waals surface area (Å²) in [4.78, 5) is 26.2. The minimum atomic E-state index is -0.822. The van der Waals surface area contributed by atoms with Crippen molar-refractivity contribution < 1.29 is 14.7 Å². The Labute approximate surface area is 236 Å². The van der Waals surface area contributed by atoms with Gasteiger partial charge in [0, 0.05) is 29.4 Å². The third-order valence-electron chi connectivity index (χ3n) is 8.42. The Bertz CT molecular complexity index is 1300. The van der Waals surface area contributed by atoms with Crippen LogP contribution in [0.1, 0.15) is 72.5 Å². The van der Waals surface area contributed by atoms with Gasteiger partial charge in [0.1, 0.15) is 0 Å². The lowest BCUT2D eigenvalue weighted by molar-refractivity contribution is -0.143. The maximum Gasteiger partial charge on any atom is 0.308 e. The largest absolute Gasteiger partial charge is 0.481 e. The summed E-state index contributed by atoms with van der Waals surface area (Å²) in [6, 6.07) is 22.6. The van der Waals surface area contributed by atoms with E-state index in [9.17, 15) is 14.7 Å². The number of carboxylic acids is 1. The van der Waals surface area contributed by atoms with Gasteiger partial charge < -0.3 is 15.3 Å². The molecule has 0 bridgehead atoms. The van der Waals surface area contributed by atoms with Gasteiger partial charge in [-0.2, -0.15) is 0 Å². The van der Waals surface area contributed by atoms with Gasteiger partial charge >= 0.3 is 5.97 Å². The summed E-state index contributed by atoms with van der Waals surface area (Å²) >= 11 is 6.09. The number of aryl methyl sites for hydroxylation is 1. The van der Waals surface area contributed by atoms with Crippen LogP contribution in [0.2, 0.25) is 5.02 Å². The molecule has 6 heteroatoms. The number of carbonyl (C=O) groups is 2. The van der Waals surface area contributed by atoms with E-state index in [1.807, 2.05) is 36.4 Å². The number of likely N-dealkylation sites (tertiary alicyclic amines) is 1. The fourth-order valence-corrected chi connectivity index (χ4v) is 6.32. The molecule has 1 unspecified atom stereocenters. The lowest BCUT2D eigenvalue weighted by atomic mass is 9.79. The van der Waals surface area contributed by atoms with Crippen molar-refractivity contribution in [3.8, 4) is 11.1 Å². The molecular formula is C33H37ClN2O3. The molecular weight excluding hydrogens is 508 g/mol. The second-order valence-electron chi connectivity index (χ2n) is 11.1. The van der Waals surface area contributed by atoms with Crippen molar-refractivity contribution in [2.75, 3.05) is 18.4 Å². The van der Waals surface area contributed by atoms with Crippen LogP contribution in [0, 0.1) is 18.8 Å². The van der Waals surface area contributed by atoms with Gasteiger partial charge in [-0.1, -0.05) is 61.2 Å². The van der Waals surface area contributed by atoms with Crippen LogP contribution in [0.4, 0.5) is 5.69 Å². The molecule has 1 aliphatic heterocycles. The quantitative estimate of drug-likeness (QED) is 0.316. The summed E-state index contributed by atoms with van der Waals surface area (Å²) < 4.78 is 0.